The summed E-state index contributed by atoms with van der Waals surface area (Å²) in [6.07, 6.45) is 3.62. The van der Waals surface area contributed by atoms with Gasteiger partial charge in [0.15, 0.2) is 0 Å². The Morgan fingerprint density at radius 3 is 2.58 bits per heavy atom. The Hall–Kier alpha value is -1.16. The lowest BCUT2D eigenvalue weighted by atomic mass is 9.84. The van der Waals surface area contributed by atoms with Crippen molar-refractivity contribution in [2.45, 2.75) is 53.5 Å². The Balaban J connectivity index is 2.75. The lowest BCUT2D eigenvalue weighted by Crippen LogP contribution is -2.42. The van der Waals surface area contributed by atoms with Gasteiger partial charge in [-0.1, -0.05) is 27.7 Å². The number of rotatable bonds is 7. The summed E-state index contributed by atoms with van der Waals surface area (Å²) < 4.78 is 5.42. The summed E-state index contributed by atoms with van der Waals surface area (Å²) >= 11 is 0. The highest BCUT2D eigenvalue weighted by molar-refractivity contribution is 5.15. The summed E-state index contributed by atoms with van der Waals surface area (Å²) in [6.45, 7) is 12.6. The fourth-order valence-electron chi connectivity index (χ4n) is 1.93. The monoisotopic (exact) mass is 265 g/mol. The molecule has 0 radical (unpaired) electrons. The molecular weight excluding hydrogens is 238 g/mol. The highest BCUT2D eigenvalue weighted by atomic mass is 16.5. The Kier molecular flexibility index (Phi) is 6.22. The fraction of sp³-hybridized carbons (Fsp3) is 0.733. The minimum Gasteiger partial charge on any atom is -0.478 e. The Morgan fingerprint density at radius 2 is 2.00 bits per heavy atom. The van der Waals surface area contributed by atoms with Gasteiger partial charge in [0.25, 0.3) is 0 Å². The topological polar surface area (TPSA) is 47.0 Å². The van der Waals surface area contributed by atoms with Gasteiger partial charge in [-0.05, 0) is 25.3 Å². The summed E-state index contributed by atoms with van der Waals surface area (Å²) in [6, 6.07) is 2.34. The minimum absolute atomic E-state index is 0.200. The van der Waals surface area contributed by atoms with E-state index in [1.54, 1.807) is 6.33 Å². The predicted molar refractivity (Wildman–Crippen MR) is 78.4 cm³/mol. The fourth-order valence-corrected chi connectivity index (χ4v) is 1.93. The summed E-state index contributed by atoms with van der Waals surface area (Å²) in [5.74, 6) is 0.663. The van der Waals surface area contributed by atoms with Gasteiger partial charge in [0.1, 0.15) is 6.33 Å². The van der Waals surface area contributed by atoms with Crippen LogP contribution in [0.15, 0.2) is 12.4 Å². The molecule has 0 fully saturated rings. The number of aromatic nitrogens is 2. The van der Waals surface area contributed by atoms with Gasteiger partial charge in [0.05, 0.1) is 6.61 Å². The van der Waals surface area contributed by atoms with E-state index >= 15 is 0 Å². The highest BCUT2D eigenvalue weighted by Gasteiger charge is 2.24. The first-order valence-corrected chi connectivity index (χ1v) is 7.14. The van der Waals surface area contributed by atoms with Crippen LogP contribution in [0, 0.1) is 5.41 Å². The second-order valence-corrected chi connectivity index (χ2v) is 5.86. The van der Waals surface area contributed by atoms with Crippen molar-refractivity contribution in [3.8, 4) is 5.88 Å². The van der Waals surface area contributed by atoms with E-state index in [0.29, 0.717) is 18.5 Å². The van der Waals surface area contributed by atoms with Crippen LogP contribution in [0.2, 0.25) is 0 Å². The first-order valence-electron chi connectivity index (χ1n) is 7.14. The van der Waals surface area contributed by atoms with Crippen LogP contribution in [0.5, 0.6) is 5.88 Å². The smallest absolute Gasteiger partial charge is 0.216 e. The quantitative estimate of drug-likeness (QED) is 0.823. The number of hydrogen-bond acceptors (Lipinski definition) is 4. The number of nitrogens with zero attached hydrogens (tertiary/aromatic N) is 2. The standard InChI is InChI=1S/C15H27N3O/c1-6-8-16-13(15(3,4)5)9-12-10-14(19-7-2)18-11-17-12/h10-11,13,16H,6-9H2,1-5H3. The van der Waals surface area contributed by atoms with Crippen molar-refractivity contribution in [1.82, 2.24) is 15.3 Å². The van der Waals surface area contributed by atoms with Crippen molar-refractivity contribution in [3.05, 3.63) is 18.1 Å². The average Bonchev–Trinajstić information content (AvgIpc) is 2.34. The van der Waals surface area contributed by atoms with E-state index in [1.807, 2.05) is 13.0 Å². The molecule has 0 aliphatic heterocycles. The highest BCUT2D eigenvalue weighted by Crippen LogP contribution is 2.22. The lowest BCUT2D eigenvalue weighted by Gasteiger charge is -2.31. The van der Waals surface area contributed by atoms with Gasteiger partial charge in [0, 0.05) is 24.2 Å². The molecule has 0 saturated heterocycles. The normalized spacial score (nSPS) is 13.3. The molecule has 4 nitrogen and oxygen atoms in total. The van der Waals surface area contributed by atoms with Crippen LogP contribution < -0.4 is 10.1 Å². The molecular formula is C15H27N3O. The second-order valence-electron chi connectivity index (χ2n) is 5.86. The maximum atomic E-state index is 5.42. The Bertz CT molecular complexity index is 374. The zero-order valence-corrected chi connectivity index (χ0v) is 12.9. The predicted octanol–water partition coefficient (Wildman–Crippen LogP) is 2.83. The van der Waals surface area contributed by atoms with Crippen molar-refractivity contribution < 1.29 is 4.74 Å². The molecule has 4 heteroatoms. The van der Waals surface area contributed by atoms with Crippen molar-refractivity contribution >= 4 is 0 Å². The second kappa shape index (κ2) is 7.43. The van der Waals surface area contributed by atoms with Crippen LogP contribution in [0.4, 0.5) is 0 Å². The molecule has 19 heavy (non-hydrogen) atoms. The van der Waals surface area contributed by atoms with E-state index in [-0.39, 0.29) is 5.41 Å². The van der Waals surface area contributed by atoms with Gasteiger partial charge in [0.2, 0.25) is 5.88 Å². The molecule has 0 saturated carbocycles. The van der Waals surface area contributed by atoms with Crippen LogP contribution in [0.25, 0.3) is 0 Å². The van der Waals surface area contributed by atoms with Crippen molar-refractivity contribution in [3.63, 3.8) is 0 Å². The molecule has 1 unspecified atom stereocenters. The van der Waals surface area contributed by atoms with Gasteiger partial charge in [-0.3, -0.25) is 0 Å². The molecule has 0 spiro atoms. The molecule has 1 aromatic rings. The first-order chi connectivity index (χ1) is 8.97. The molecule has 1 N–H and O–H groups in total. The summed E-state index contributed by atoms with van der Waals surface area (Å²) in [5, 5.41) is 3.61. The lowest BCUT2D eigenvalue weighted by molar-refractivity contribution is 0.264. The molecule has 1 rings (SSSR count). The summed E-state index contributed by atoms with van der Waals surface area (Å²) in [5.41, 5.74) is 1.23. The number of ether oxygens (including phenoxy) is 1. The van der Waals surface area contributed by atoms with Crippen LogP contribution >= 0.6 is 0 Å². The van der Waals surface area contributed by atoms with Crippen molar-refractivity contribution in [2.75, 3.05) is 13.2 Å². The van der Waals surface area contributed by atoms with E-state index in [9.17, 15) is 0 Å². The van der Waals surface area contributed by atoms with Crippen LogP contribution in [0.1, 0.15) is 46.7 Å². The molecule has 0 amide bonds. The average molecular weight is 265 g/mol. The molecule has 1 atom stereocenters. The zero-order chi connectivity index (χ0) is 14.3. The van der Waals surface area contributed by atoms with E-state index in [1.165, 1.54) is 0 Å². The van der Waals surface area contributed by atoms with E-state index in [0.717, 1.165) is 25.1 Å². The zero-order valence-electron chi connectivity index (χ0n) is 12.9. The SMILES string of the molecule is CCCNC(Cc1cc(OCC)ncn1)C(C)(C)C. The molecule has 1 aromatic heterocycles. The molecule has 0 aliphatic rings. The Morgan fingerprint density at radius 1 is 1.26 bits per heavy atom. The van der Waals surface area contributed by atoms with E-state index in [4.69, 9.17) is 4.74 Å². The maximum Gasteiger partial charge on any atom is 0.216 e. The van der Waals surface area contributed by atoms with Gasteiger partial charge in [-0.25, -0.2) is 9.97 Å². The minimum atomic E-state index is 0.200. The van der Waals surface area contributed by atoms with Gasteiger partial charge in [-0.15, -0.1) is 0 Å². The van der Waals surface area contributed by atoms with E-state index in [2.05, 4.69) is 43.0 Å². The maximum absolute atomic E-state index is 5.42. The summed E-state index contributed by atoms with van der Waals surface area (Å²) in [7, 11) is 0. The van der Waals surface area contributed by atoms with Gasteiger partial charge < -0.3 is 10.1 Å². The molecule has 1 heterocycles. The molecule has 0 aliphatic carbocycles. The Labute approximate surface area is 117 Å². The third-order valence-corrected chi connectivity index (χ3v) is 3.09. The summed E-state index contributed by atoms with van der Waals surface area (Å²) in [4.78, 5) is 8.46. The van der Waals surface area contributed by atoms with Crippen LogP contribution in [-0.2, 0) is 6.42 Å². The van der Waals surface area contributed by atoms with Gasteiger partial charge >= 0.3 is 0 Å². The largest absolute Gasteiger partial charge is 0.478 e. The number of nitrogens with one attached hydrogen (secondary N) is 1. The van der Waals surface area contributed by atoms with Crippen molar-refractivity contribution in [2.24, 2.45) is 5.41 Å². The third-order valence-electron chi connectivity index (χ3n) is 3.09. The molecule has 0 aromatic carbocycles. The van der Waals surface area contributed by atoms with E-state index < -0.39 is 0 Å². The van der Waals surface area contributed by atoms with Gasteiger partial charge in [-0.2, -0.15) is 0 Å². The van der Waals surface area contributed by atoms with Crippen molar-refractivity contribution in [1.29, 1.82) is 0 Å². The van der Waals surface area contributed by atoms with Crippen LogP contribution in [-0.4, -0.2) is 29.2 Å². The third kappa shape index (κ3) is 5.55. The first kappa shape index (κ1) is 15.9. The number of hydrogen-bond donors (Lipinski definition) is 1. The van der Waals surface area contributed by atoms with Crippen LogP contribution in [0.3, 0.4) is 0 Å². The molecule has 108 valence electrons. The molecule has 0 bridgehead atoms.